The molecule has 32 heavy (non-hydrogen) atoms. The highest BCUT2D eigenvalue weighted by Crippen LogP contribution is 2.39. The van der Waals surface area contributed by atoms with E-state index in [0.29, 0.717) is 31.2 Å². The average Bonchev–Trinajstić information content (AvgIpc) is 3.54. The number of rotatable bonds is 9. The molecule has 3 heterocycles. The van der Waals surface area contributed by atoms with Crippen LogP contribution in [0.2, 0.25) is 0 Å². The van der Waals surface area contributed by atoms with Gasteiger partial charge in [0.2, 0.25) is 0 Å². The Morgan fingerprint density at radius 3 is 2.75 bits per heavy atom. The lowest BCUT2D eigenvalue weighted by atomic mass is 9.95. The SMILES string of the molecule is CCOc1cccc(C2C(C(=O)/C=C/c3ccco3)=C(O)C(=O)N2CCN2CCCC2)c1. The number of ketones is 1. The maximum absolute atomic E-state index is 13.1. The smallest absolute Gasteiger partial charge is 0.290 e. The first kappa shape index (κ1) is 21.9. The van der Waals surface area contributed by atoms with Gasteiger partial charge in [-0.25, -0.2) is 0 Å². The van der Waals surface area contributed by atoms with Gasteiger partial charge in [-0.1, -0.05) is 12.1 Å². The molecule has 0 spiro atoms. The summed E-state index contributed by atoms with van der Waals surface area (Å²) in [6.07, 6.45) is 6.69. The van der Waals surface area contributed by atoms with Crippen LogP contribution in [-0.4, -0.2) is 59.4 Å². The molecule has 0 radical (unpaired) electrons. The van der Waals surface area contributed by atoms with E-state index >= 15 is 0 Å². The summed E-state index contributed by atoms with van der Waals surface area (Å²) in [4.78, 5) is 30.0. The molecule has 4 rings (SSSR count). The Kier molecular flexibility index (Phi) is 6.75. The number of allylic oxidation sites excluding steroid dienone is 1. The third-order valence-corrected chi connectivity index (χ3v) is 5.85. The van der Waals surface area contributed by atoms with Gasteiger partial charge >= 0.3 is 0 Å². The summed E-state index contributed by atoms with van der Waals surface area (Å²) in [6.45, 7) is 5.53. The fourth-order valence-corrected chi connectivity index (χ4v) is 4.31. The van der Waals surface area contributed by atoms with E-state index in [2.05, 4.69) is 4.90 Å². The minimum Gasteiger partial charge on any atom is -0.503 e. The van der Waals surface area contributed by atoms with Crippen LogP contribution in [0.1, 0.15) is 37.1 Å². The zero-order chi connectivity index (χ0) is 22.5. The number of amides is 1. The monoisotopic (exact) mass is 436 g/mol. The fourth-order valence-electron chi connectivity index (χ4n) is 4.31. The van der Waals surface area contributed by atoms with Gasteiger partial charge in [0.25, 0.3) is 5.91 Å². The van der Waals surface area contributed by atoms with E-state index in [-0.39, 0.29) is 5.57 Å². The van der Waals surface area contributed by atoms with Crippen molar-refractivity contribution in [2.45, 2.75) is 25.8 Å². The Balaban J connectivity index is 1.65. The van der Waals surface area contributed by atoms with Gasteiger partial charge in [-0.05, 0) is 74.8 Å². The highest BCUT2D eigenvalue weighted by Gasteiger charge is 2.43. The Morgan fingerprint density at radius 2 is 2.03 bits per heavy atom. The average molecular weight is 437 g/mol. The number of furan rings is 1. The fraction of sp³-hybridized carbons (Fsp3) is 0.360. The first-order chi connectivity index (χ1) is 15.6. The van der Waals surface area contributed by atoms with Crippen LogP contribution in [0, 0.1) is 0 Å². The minimum absolute atomic E-state index is 0.0767. The predicted molar refractivity (Wildman–Crippen MR) is 120 cm³/mol. The molecule has 2 aliphatic heterocycles. The maximum atomic E-state index is 13.1. The molecular formula is C25H28N2O5. The number of hydrogen-bond acceptors (Lipinski definition) is 6. The third kappa shape index (κ3) is 4.62. The largest absolute Gasteiger partial charge is 0.503 e. The number of benzene rings is 1. The quantitative estimate of drug-likeness (QED) is 0.603. The molecule has 2 aromatic rings. The second-order valence-electron chi connectivity index (χ2n) is 7.93. The molecule has 1 saturated heterocycles. The van der Waals surface area contributed by atoms with E-state index in [1.807, 2.05) is 31.2 Å². The topological polar surface area (TPSA) is 83.2 Å². The second kappa shape index (κ2) is 9.87. The molecule has 1 aromatic heterocycles. The third-order valence-electron chi connectivity index (χ3n) is 5.85. The molecule has 0 saturated carbocycles. The van der Waals surface area contributed by atoms with Crippen LogP contribution in [0.5, 0.6) is 5.75 Å². The Bertz CT molecular complexity index is 1020. The van der Waals surface area contributed by atoms with Crippen LogP contribution in [0.15, 0.2) is 64.5 Å². The normalized spacial score (nSPS) is 19.5. The van der Waals surface area contributed by atoms with Gasteiger partial charge in [0.05, 0.1) is 24.5 Å². The summed E-state index contributed by atoms with van der Waals surface area (Å²) < 4.78 is 10.9. The molecule has 1 aromatic carbocycles. The summed E-state index contributed by atoms with van der Waals surface area (Å²) >= 11 is 0. The zero-order valence-electron chi connectivity index (χ0n) is 18.2. The first-order valence-electron chi connectivity index (χ1n) is 11.0. The molecular weight excluding hydrogens is 408 g/mol. The van der Waals surface area contributed by atoms with Crippen molar-refractivity contribution in [3.05, 3.63) is 71.4 Å². The Hall–Kier alpha value is -3.32. The lowest BCUT2D eigenvalue weighted by Gasteiger charge is -2.28. The summed E-state index contributed by atoms with van der Waals surface area (Å²) in [7, 11) is 0. The molecule has 1 N–H and O–H groups in total. The number of likely N-dealkylation sites (tertiary alicyclic amines) is 1. The Labute approximate surface area is 187 Å². The van der Waals surface area contributed by atoms with Crippen molar-refractivity contribution >= 4 is 17.8 Å². The Morgan fingerprint density at radius 1 is 1.22 bits per heavy atom. The maximum Gasteiger partial charge on any atom is 0.290 e. The molecule has 168 valence electrons. The molecule has 7 nitrogen and oxygen atoms in total. The van der Waals surface area contributed by atoms with Crippen LogP contribution in [0.25, 0.3) is 6.08 Å². The van der Waals surface area contributed by atoms with Crippen LogP contribution >= 0.6 is 0 Å². The van der Waals surface area contributed by atoms with Crippen LogP contribution in [0.4, 0.5) is 0 Å². The zero-order valence-corrected chi connectivity index (χ0v) is 18.2. The second-order valence-corrected chi connectivity index (χ2v) is 7.93. The minimum atomic E-state index is -0.681. The van der Waals surface area contributed by atoms with E-state index in [0.717, 1.165) is 31.5 Å². The molecule has 1 fully saturated rings. The summed E-state index contributed by atoms with van der Waals surface area (Å²) in [6, 6.07) is 10.1. The standard InChI is InChI=1S/C25H28N2O5/c1-2-31-20-8-5-7-18(17-20)23-22(21(28)11-10-19-9-6-16-32-19)24(29)25(30)27(23)15-14-26-12-3-4-13-26/h5-11,16-17,23,29H,2-4,12-15H2,1H3/b11-10+. The van der Waals surface area contributed by atoms with E-state index in [1.165, 1.54) is 18.4 Å². The van der Waals surface area contributed by atoms with Crippen LogP contribution in [-0.2, 0) is 9.59 Å². The van der Waals surface area contributed by atoms with Crippen molar-refractivity contribution in [2.24, 2.45) is 0 Å². The lowest BCUT2D eigenvalue weighted by molar-refractivity contribution is -0.129. The lowest BCUT2D eigenvalue weighted by Crippen LogP contribution is -2.37. The van der Waals surface area contributed by atoms with Crippen molar-refractivity contribution in [1.29, 1.82) is 0 Å². The van der Waals surface area contributed by atoms with Gasteiger partial charge in [-0.15, -0.1) is 0 Å². The number of ether oxygens (including phenoxy) is 1. The first-order valence-corrected chi connectivity index (χ1v) is 11.0. The van der Waals surface area contributed by atoms with E-state index < -0.39 is 23.5 Å². The van der Waals surface area contributed by atoms with Crippen molar-refractivity contribution in [3.63, 3.8) is 0 Å². The van der Waals surface area contributed by atoms with Crippen molar-refractivity contribution in [3.8, 4) is 5.75 Å². The van der Waals surface area contributed by atoms with Crippen LogP contribution in [0.3, 0.4) is 0 Å². The molecule has 1 atom stereocenters. The number of hydrogen-bond donors (Lipinski definition) is 1. The molecule has 0 bridgehead atoms. The van der Waals surface area contributed by atoms with Crippen molar-refractivity contribution in [1.82, 2.24) is 9.80 Å². The summed E-state index contributed by atoms with van der Waals surface area (Å²) in [5.74, 6) is -0.273. The molecule has 2 aliphatic rings. The number of aliphatic hydroxyl groups is 1. The van der Waals surface area contributed by atoms with Crippen molar-refractivity contribution < 1.29 is 23.8 Å². The highest BCUT2D eigenvalue weighted by molar-refractivity contribution is 6.14. The molecule has 1 amide bonds. The van der Waals surface area contributed by atoms with Crippen LogP contribution < -0.4 is 4.74 Å². The molecule has 0 aliphatic carbocycles. The number of nitrogens with zero attached hydrogens (tertiary/aromatic N) is 2. The molecule has 7 heteroatoms. The number of aliphatic hydroxyl groups excluding tert-OH is 1. The van der Waals surface area contributed by atoms with E-state index in [9.17, 15) is 14.7 Å². The van der Waals surface area contributed by atoms with Gasteiger partial charge in [-0.2, -0.15) is 0 Å². The van der Waals surface area contributed by atoms with E-state index in [4.69, 9.17) is 9.15 Å². The van der Waals surface area contributed by atoms with E-state index in [1.54, 1.807) is 17.0 Å². The van der Waals surface area contributed by atoms with Gasteiger partial charge in [0.1, 0.15) is 11.5 Å². The summed E-state index contributed by atoms with van der Waals surface area (Å²) in [5.41, 5.74) is 0.803. The number of carbonyl (C=O) groups is 2. The number of carbonyl (C=O) groups excluding carboxylic acids is 2. The van der Waals surface area contributed by atoms with Gasteiger partial charge < -0.3 is 24.1 Å². The van der Waals surface area contributed by atoms with Gasteiger partial charge in [-0.3, -0.25) is 9.59 Å². The predicted octanol–water partition coefficient (Wildman–Crippen LogP) is 3.75. The highest BCUT2D eigenvalue weighted by atomic mass is 16.5. The van der Waals surface area contributed by atoms with Crippen molar-refractivity contribution in [2.75, 3.05) is 32.8 Å². The van der Waals surface area contributed by atoms with Gasteiger partial charge in [0, 0.05) is 13.1 Å². The molecule has 1 unspecified atom stereocenters. The van der Waals surface area contributed by atoms with Gasteiger partial charge in [0.15, 0.2) is 11.5 Å². The summed E-state index contributed by atoms with van der Waals surface area (Å²) in [5, 5.41) is 10.7.